The van der Waals surface area contributed by atoms with Crippen LogP contribution in [0.1, 0.15) is 18.4 Å². The van der Waals surface area contributed by atoms with Gasteiger partial charge in [-0.05, 0) is 52.4 Å². The summed E-state index contributed by atoms with van der Waals surface area (Å²) in [6.07, 6.45) is 2.14. The van der Waals surface area contributed by atoms with Crippen molar-refractivity contribution in [2.45, 2.75) is 25.4 Å². The van der Waals surface area contributed by atoms with E-state index in [1.807, 2.05) is 0 Å². The van der Waals surface area contributed by atoms with E-state index in [9.17, 15) is 9.18 Å². The molecule has 1 unspecified atom stereocenters. The molecule has 92 valence electrons. The number of ketones is 1. The highest BCUT2D eigenvalue weighted by Gasteiger charge is 2.35. The average Bonchev–Trinajstić information content (AvgIpc) is 3.09. The lowest BCUT2D eigenvalue weighted by Crippen LogP contribution is -2.26. The summed E-state index contributed by atoms with van der Waals surface area (Å²) >= 11 is 3.11. The van der Waals surface area contributed by atoms with Crippen molar-refractivity contribution in [1.29, 1.82) is 0 Å². The van der Waals surface area contributed by atoms with Gasteiger partial charge in [0.15, 0.2) is 5.78 Å². The lowest BCUT2D eigenvalue weighted by atomic mass is 10.0. The van der Waals surface area contributed by atoms with Gasteiger partial charge in [0.1, 0.15) is 11.9 Å². The van der Waals surface area contributed by atoms with E-state index in [1.165, 1.54) is 6.07 Å². The van der Waals surface area contributed by atoms with E-state index >= 15 is 0 Å². The summed E-state index contributed by atoms with van der Waals surface area (Å²) < 4.78 is 18.7. The lowest BCUT2D eigenvalue weighted by Gasteiger charge is -2.13. The molecule has 1 fully saturated rings. The topological polar surface area (TPSA) is 26.3 Å². The Morgan fingerprint density at radius 2 is 2.29 bits per heavy atom. The van der Waals surface area contributed by atoms with Crippen LogP contribution in [0.4, 0.5) is 4.39 Å². The number of rotatable bonds is 5. The molecule has 0 amide bonds. The first kappa shape index (κ1) is 12.7. The summed E-state index contributed by atoms with van der Waals surface area (Å²) in [6.45, 7) is 0. The fourth-order valence-electron chi connectivity index (χ4n) is 1.94. The van der Waals surface area contributed by atoms with Crippen molar-refractivity contribution >= 4 is 21.7 Å². The number of hydrogen-bond acceptors (Lipinski definition) is 2. The van der Waals surface area contributed by atoms with Gasteiger partial charge in [-0.25, -0.2) is 4.39 Å². The van der Waals surface area contributed by atoms with E-state index in [4.69, 9.17) is 4.74 Å². The van der Waals surface area contributed by atoms with Crippen molar-refractivity contribution in [1.82, 2.24) is 0 Å². The monoisotopic (exact) mass is 300 g/mol. The molecule has 0 aliphatic heterocycles. The van der Waals surface area contributed by atoms with Gasteiger partial charge in [-0.1, -0.05) is 6.07 Å². The Balaban J connectivity index is 2.04. The van der Waals surface area contributed by atoms with Crippen LogP contribution in [-0.2, 0) is 16.0 Å². The summed E-state index contributed by atoms with van der Waals surface area (Å²) in [6, 6.07) is 4.65. The van der Waals surface area contributed by atoms with Crippen molar-refractivity contribution < 1.29 is 13.9 Å². The third-order valence-corrected chi connectivity index (χ3v) is 3.59. The van der Waals surface area contributed by atoms with Crippen molar-refractivity contribution in [3.05, 3.63) is 34.1 Å². The summed E-state index contributed by atoms with van der Waals surface area (Å²) in [5, 5.41) is 0. The molecule has 1 aromatic carbocycles. The third kappa shape index (κ3) is 3.13. The maximum absolute atomic E-state index is 13.0. The SMILES string of the molecule is COC(C(=O)Cc1ccc(F)c(Br)c1)C1CC1. The van der Waals surface area contributed by atoms with Gasteiger partial charge in [0.2, 0.25) is 0 Å². The van der Waals surface area contributed by atoms with Gasteiger partial charge >= 0.3 is 0 Å². The summed E-state index contributed by atoms with van der Waals surface area (Å²) in [4.78, 5) is 12.0. The van der Waals surface area contributed by atoms with E-state index in [0.29, 0.717) is 16.8 Å². The Labute approximate surface area is 108 Å². The minimum Gasteiger partial charge on any atom is -0.373 e. The number of benzene rings is 1. The predicted octanol–water partition coefficient (Wildman–Crippen LogP) is 3.12. The number of hydrogen-bond donors (Lipinski definition) is 0. The van der Waals surface area contributed by atoms with Crippen LogP contribution in [0.15, 0.2) is 22.7 Å². The minimum absolute atomic E-state index is 0.0773. The van der Waals surface area contributed by atoms with Crippen molar-refractivity contribution in [2.75, 3.05) is 7.11 Å². The first-order chi connectivity index (χ1) is 8.11. The molecule has 17 heavy (non-hydrogen) atoms. The first-order valence-electron chi connectivity index (χ1n) is 5.61. The highest BCUT2D eigenvalue weighted by molar-refractivity contribution is 9.10. The Kier molecular flexibility index (Phi) is 3.94. The van der Waals surface area contributed by atoms with Gasteiger partial charge in [0.25, 0.3) is 0 Å². The van der Waals surface area contributed by atoms with Crippen LogP contribution in [-0.4, -0.2) is 19.0 Å². The molecule has 1 aliphatic carbocycles. The number of methoxy groups -OCH3 is 1. The smallest absolute Gasteiger partial charge is 0.166 e. The molecule has 0 spiro atoms. The number of halogens is 2. The Hall–Kier alpha value is -0.740. The van der Waals surface area contributed by atoms with Crippen molar-refractivity contribution in [3.8, 4) is 0 Å². The maximum Gasteiger partial charge on any atom is 0.166 e. The largest absolute Gasteiger partial charge is 0.373 e. The Morgan fingerprint density at radius 3 is 2.82 bits per heavy atom. The molecule has 0 saturated heterocycles. The van der Waals surface area contributed by atoms with E-state index in [-0.39, 0.29) is 17.7 Å². The van der Waals surface area contributed by atoms with E-state index < -0.39 is 0 Å². The molecule has 1 atom stereocenters. The molecule has 2 rings (SSSR count). The normalized spacial score (nSPS) is 16.9. The van der Waals surface area contributed by atoms with Gasteiger partial charge in [-0.15, -0.1) is 0 Å². The molecule has 0 bridgehead atoms. The maximum atomic E-state index is 13.0. The van der Waals surface area contributed by atoms with Gasteiger partial charge < -0.3 is 4.74 Å². The molecule has 0 aromatic heterocycles. The van der Waals surface area contributed by atoms with E-state index in [2.05, 4.69) is 15.9 Å². The van der Waals surface area contributed by atoms with Crippen LogP contribution in [0.5, 0.6) is 0 Å². The molecular weight excluding hydrogens is 287 g/mol. The molecule has 1 aliphatic rings. The summed E-state index contributed by atoms with van der Waals surface area (Å²) in [7, 11) is 1.57. The molecule has 4 heteroatoms. The van der Waals surface area contributed by atoms with Crippen LogP contribution in [0.25, 0.3) is 0 Å². The first-order valence-corrected chi connectivity index (χ1v) is 6.40. The highest BCUT2D eigenvalue weighted by Crippen LogP contribution is 2.35. The number of Topliss-reactive ketones (excluding diaryl/α,β-unsaturated/α-hetero) is 1. The highest BCUT2D eigenvalue weighted by atomic mass is 79.9. The minimum atomic E-state index is -0.313. The number of carbonyl (C=O) groups excluding carboxylic acids is 1. The lowest BCUT2D eigenvalue weighted by molar-refractivity contribution is -0.129. The zero-order valence-electron chi connectivity index (χ0n) is 9.58. The quantitative estimate of drug-likeness (QED) is 0.835. The van der Waals surface area contributed by atoms with Crippen LogP contribution < -0.4 is 0 Å². The zero-order valence-corrected chi connectivity index (χ0v) is 11.2. The number of ether oxygens (including phenoxy) is 1. The van der Waals surface area contributed by atoms with Crippen LogP contribution in [0.2, 0.25) is 0 Å². The van der Waals surface area contributed by atoms with Crippen LogP contribution in [0.3, 0.4) is 0 Å². The number of carbonyl (C=O) groups is 1. The summed E-state index contributed by atoms with van der Waals surface area (Å²) in [5.41, 5.74) is 0.811. The molecule has 0 heterocycles. The molecule has 1 aromatic rings. The molecule has 0 N–H and O–H groups in total. The second-order valence-electron chi connectivity index (χ2n) is 4.39. The van der Waals surface area contributed by atoms with Crippen LogP contribution in [0, 0.1) is 11.7 Å². The Morgan fingerprint density at radius 1 is 1.59 bits per heavy atom. The fraction of sp³-hybridized carbons (Fsp3) is 0.462. The molecular formula is C13H14BrFO2. The predicted molar refractivity (Wildman–Crippen MR) is 66.3 cm³/mol. The molecule has 0 radical (unpaired) electrons. The van der Waals surface area contributed by atoms with Gasteiger partial charge in [-0.3, -0.25) is 4.79 Å². The molecule has 2 nitrogen and oxygen atoms in total. The second kappa shape index (κ2) is 5.27. The third-order valence-electron chi connectivity index (χ3n) is 2.98. The van der Waals surface area contributed by atoms with Crippen LogP contribution >= 0.6 is 15.9 Å². The van der Waals surface area contributed by atoms with E-state index in [0.717, 1.165) is 18.4 Å². The average molecular weight is 301 g/mol. The Bertz CT molecular complexity index is 429. The van der Waals surface area contributed by atoms with E-state index in [1.54, 1.807) is 19.2 Å². The van der Waals surface area contributed by atoms with Gasteiger partial charge in [0, 0.05) is 13.5 Å². The summed E-state index contributed by atoms with van der Waals surface area (Å²) in [5.74, 6) is 0.150. The van der Waals surface area contributed by atoms with Crippen molar-refractivity contribution in [3.63, 3.8) is 0 Å². The zero-order chi connectivity index (χ0) is 12.4. The standard InChI is InChI=1S/C13H14BrFO2/c1-17-13(9-3-4-9)12(16)7-8-2-5-11(15)10(14)6-8/h2,5-6,9,13H,3-4,7H2,1H3. The van der Waals surface area contributed by atoms with Gasteiger partial charge in [0.05, 0.1) is 4.47 Å². The molecule has 1 saturated carbocycles. The van der Waals surface area contributed by atoms with Gasteiger partial charge in [-0.2, -0.15) is 0 Å². The fourth-order valence-corrected chi connectivity index (χ4v) is 2.36. The van der Waals surface area contributed by atoms with Crippen molar-refractivity contribution in [2.24, 2.45) is 5.92 Å². The second-order valence-corrected chi connectivity index (χ2v) is 5.24.